The van der Waals surface area contributed by atoms with E-state index in [1.165, 1.54) is 167 Å². The minimum Gasteiger partial charge on any atom is -0.463 e. The maximum atomic E-state index is 11.9. The van der Waals surface area contributed by atoms with Crippen molar-refractivity contribution in [1.82, 2.24) is 0 Å². The predicted molar refractivity (Wildman–Crippen MR) is 193 cm³/mol. The van der Waals surface area contributed by atoms with Crippen molar-refractivity contribution >= 4 is 5.97 Å². The second kappa shape index (κ2) is 41.4. The number of hydrogen-bond acceptors (Lipinski definition) is 5. The molecule has 0 aromatic rings. The van der Waals surface area contributed by atoms with Crippen LogP contribution in [0.15, 0.2) is 0 Å². The number of unbranched alkanes of at least 4 members (excludes halogenated alkanes) is 27. The van der Waals surface area contributed by atoms with Crippen molar-refractivity contribution in [2.75, 3.05) is 46.2 Å². The van der Waals surface area contributed by atoms with Gasteiger partial charge in [0.05, 0.1) is 33.0 Å². The van der Waals surface area contributed by atoms with E-state index < -0.39 is 0 Å². The van der Waals surface area contributed by atoms with E-state index in [2.05, 4.69) is 13.8 Å². The smallest absolute Gasteiger partial charge is 0.305 e. The van der Waals surface area contributed by atoms with Gasteiger partial charge >= 0.3 is 5.97 Å². The van der Waals surface area contributed by atoms with Gasteiger partial charge in [0.25, 0.3) is 0 Å². The van der Waals surface area contributed by atoms with E-state index in [0.717, 1.165) is 25.9 Å². The molecule has 0 saturated heterocycles. The summed E-state index contributed by atoms with van der Waals surface area (Å²) in [5, 5.41) is 0. The number of esters is 1. The van der Waals surface area contributed by atoms with Gasteiger partial charge in [-0.2, -0.15) is 0 Å². The summed E-state index contributed by atoms with van der Waals surface area (Å²) in [6, 6.07) is 0. The molecule has 0 aromatic carbocycles. The summed E-state index contributed by atoms with van der Waals surface area (Å²) in [4.78, 5) is 11.9. The van der Waals surface area contributed by atoms with Crippen LogP contribution in [0.4, 0.5) is 0 Å². The summed E-state index contributed by atoms with van der Waals surface area (Å²) in [6.45, 7) is 8.50. The van der Waals surface area contributed by atoms with Gasteiger partial charge in [0, 0.05) is 13.0 Å². The van der Waals surface area contributed by atoms with E-state index in [4.69, 9.17) is 18.9 Å². The Kier molecular flexibility index (Phi) is 40.8. The molecular weight excluding hydrogens is 560 g/mol. The van der Waals surface area contributed by atoms with Gasteiger partial charge in [0.2, 0.25) is 0 Å². The van der Waals surface area contributed by atoms with Crippen LogP contribution in [-0.2, 0) is 23.7 Å². The molecule has 5 heteroatoms. The van der Waals surface area contributed by atoms with Crippen LogP contribution in [0, 0.1) is 0 Å². The van der Waals surface area contributed by atoms with Crippen molar-refractivity contribution < 1.29 is 23.7 Å². The fourth-order valence-corrected chi connectivity index (χ4v) is 5.87. The predicted octanol–water partition coefficient (Wildman–Crippen LogP) is 12.3. The zero-order valence-electron chi connectivity index (χ0n) is 30.7. The number of rotatable bonds is 40. The fraction of sp³-hybridized carbons (Fsp3) is 0.975. The van der Waals surface area contributed by atoms with Crippen molar-refractivity contribution in [3.63, 3.8) is 0 Å². The van der Waals surface area contributed by atoms with Gasteiger partial charge < -0.3 is 18.9 Å². The van der Waals surface area contributed by atoms with Gasteiger partial charge in [0.1, 0.15) is 6.61 Å². The number of hydrogen-bond donors (Lipinski definition) is 0. The van der Waals surface area contributed by atoms with Gasteiger partial charge in [-0.15, -0.1) is 0 Å². The quantitative estimate of drug-likeness (QED) is 0.0493. The van der Waals surface area contributed by atoms with E-state index in [1.54, 1.807) is 0 Å². The third-order valence-corrected chi connectivity index (χ3v) is 8.86. The highest BCUT2D eigenvalue weighted by Gasteiger charge is 2.03. The molecule has 0 bridgehead atoms. The number of carbonyl (C=O) groups is 1. The van der Waals surface area contributed by atoms with E-state index in [0.29, 0.717) is 46.1 Å². The zero-order valence-corrected chi connectivity index (χ0v) is 30.7. The Balaban J connectivity index is 3.12. The SMILES string of the molecule is CCCCCCCCCCCCCCCCCCOCCOCCOCCOC(=O)CCCCCCCCCCCCCCC. The average Bonchev–Trinajstić information content (AvgIpc) is 3.05. The van der Waals surface area contributed by atoms with E-state index >= 15 is 0 Å². The number of ether oxygens (including phenoxy) is 4. The van der Waals surface area contributed by atoms with E-state index in [9.17, 15) is 4.79 Å². The lowest BCUT2D eigenvalue weighted by Crippen LogP contribution is -2.14. The van der Waals surface area contributed by atoms with Crippen molar-refractivity contribution in [2.24, 2.45) is 0 Å². The molecule has 0 aliphatic rings. The van der Waals surface area contributed by atoms with Crippen LogP contribution in [0.25, 0.3) is 0 Å². The van der Waals surface area contributed by atoms with Crippen molar-refractivity contribution in [3.05, 3.63) is 0 Å². The van der Waals surface area contributed by atoms with Gasteiger partial charge in [-0.1, -0.05) is 187 Å². The summed E-state index contributed by atoms with van der Waals surface area (Å²) >= 11 is 0. The zero-order chi connectivity index (χ0) is 32.6. The minimum atomic E-state index is -0.0978. The molecular formula is C40H80O5. The van der Waals surface area contributed by atoms with Crippen molar-refractivity contribution in [3.8, 4) is 0 Å². The Morgan fingerprint density at radius 3 is 0.933 bits per heavy atom. The summed E-state index contributed by atoms with van der Waals surface area (Å²) in [5.74, 6) is -0.0978. The summed E-state index contributed by atoms with van der Waals surface area (Å²) in [5.41, 5.74) is 0. The molecule has 0 rings (SSSR count). The van der Waals surface area contributed by atoms with Crippen LogP contribution in [0.5, 0.6) is 0 Å². The highest BCUT2D eigenvalue weighted by Crippen LogP contribution is 2.15. The highest BCUT2D eigenvalue weighted by molar-refractivity contribution is 5.69. The van der Waals surface area contributed by atoms with Gasteiger partial charge in [0.15, 0.2) is 0 Å². The Bertz CT molecular complexity index is 541. The molecule has 0 aliphatic heterocycles. The maximum absolute atomic E-state index is 11.9. The van der Waals surface area contributed by atoms with Gasteiger partial charge in [-0.3, -0.25) is 4.79 Å². The molecule has 0 amide bonds. The molecule has 270 valence electrons. The van der Waals surface area contributed by atoms with Crippen LogP contribution in [-0.4, -0.2) is 52.2 Å². The first-order valence-corrected chi connectivity index (χ1v) is 20.2. The fourth-order valence-electron chi connectivity index (χ4n) is 5.87. The second-order valence-corrected chi connectivity index (χ2v) is 13.4. The Labute approximate surface area is 282 Å². The van der Waals surface area contributed by atoms with Crippen LogP contribution in [0.1, 0.15) is 206 Å². The minimum absolute atomic E-state index is 0.0978. The third kappa shape index (κ3) is 41.3. The molecule has 0 aliphatic carbocycles. The monoisotopic (exact) mass is 641 g/mol. The molecule has 45 heavy (non-hydrogen) atoms. The third-order valence-electron chi connectivity index (χ3n) is 8.86. The molecule has 0 heterocycles. The van der Waals surface area contributed by atoms with E-state index in [1.807, 2.05) is 0 Å². The summed E-state index contributed by atoms with van der Waals surface area (Å²) in [7, 11) is 0. The van der Waals surface area contributed by atoms with Crippen LogP contribution < -0.4 is 0 Å². The Hall–Kier alpha value is -0.650. The lowest BCUT2D eigenvalue weighted by Gasteiger charge is -2.08. The normalized spacial score (nSPS) is 11.4. The average molecular weight is 641 g/mol. The Morgan fingerprint density at radius 1 is 0.311 bits per heavy atom. The largest absolute Gasteiger partial charge is 0.463 e. The molecule has 0 unspecified atom stereocenters. The summed E-state index contributed by atoms with van der Waals surface area (Å²) < 4.78 is 22.0. The number of carbonyl (C=O) groups excluding carboxylic acids is 1. The molecule has 0 spiro atoms. The van der Waals surface area contributed by atoms with Crippen LogP contribution in [0.3, 0.4) is 0 Å². The topological polar surface area (TPSA) is 54.0 Å². The van der Waals surface area contributed by atoms with E-state index in [-0.39, 0.29) is 5.97 Å². The molecule has 0 aromatic heterocycles. The standard InChI is InChI=1S/C40H80O5/c1-3-5-7-9-11-13-15-17-18-19-21-23-25-27-29-31-33-42-34-35-43-36-37-44-38-39-45-40(41)32-30-28-26-24-22-20-16-14-12-10-8-6-4-2/h3-39H2,1-2H3. The van der Waals surface area contributed by atoms with Crippen LogP contribution in [0.2, 0.25) is 0 Å². The van der Waals surface area contributed by atoms with Crippen molar-refractivity contribution in [2.45, 2.75) is 206 Å². The summed E-state index contributed by atoms with van der Waals surface area (Å²) in [6.07, 6.45) is 39.9. The van der Waals surface area contributed by atoms with Gasteiger partial charge in [-0.25, -0.2) is 0 Å². The maximum Gasteiger partial charge on any atom is 0.305 e. The molecule has 0 saturated carbocycles. The van der Waals surface area contributed by atoms with Crippen LogP contribution >= 0.6 is 0 Å². The molecule has 0 fully saturated rings. The lowest BCUT2D eigenvalue weighted by atomic mass is 10.0. The molecule has 0 atom stereocenters. The highest BCUT2D eigenvalue weighted by atomic mass is 16.6. The second-order valence-electron chi connectivity index (χ2n) is 13.4. The first kappa shape index (κ1) is 44.4. The van der Waals surface area contributed by atoms with Crippen molar-refractivity contribution in [1.29, 1.82) is 0 Å². The Morgan fingerprint density at radius 2 is 0.578 bits per heavy atom. The molecule has 0 radical (unpaired) electrons. The molecule has 0 N–H and O–H groups in total. The first-order valence-electron chi connectivity index (χ1n) is 20.2. The van der Waals surface area contributed by atoms with Gasteiger partial charge in [-0.05, 0) is 12.8 Å². The lowest BCUT2D eigenvalue weighted by molar-refractivity contribution is -0.145. The first-order chi connectivity index (χ1) is 22.3. The molecule has 5 nitrogen and oxygen atoms in total.